The second-order valence-electron chi connectivity index (χ2n) is 5.25. The van der Waals surface area contributed by atoms with Crippen molar-refractivity contribution in [2.75, 3.05) is 12.8 Å². The summed E-state index contributed by atoms with van der Waals surface area (Å²) in [6.07, 6.45) is 5.20. The molecule has 1 aromatic carbocycles. The van der Waals surface area contributed by atoms with Crippen LogP contribution in [-0.4, -0.2) is 33.7 Å². The smallest absolute Gasteiger partial charge is 0.387 e. The summed E-state index contributed by atoms with van der Waals surface area (Å²) in [7, 11) is 1.46. The van der Waals surface area contributed by atoms with Gasteiger partial charge in [0.2, 0.25) is 11.8 Å². The van der Waals surface area contributed by atoms with Gasteiger partial charge >= 0.3 is 6.61 Å². The van der Waals surface area contributed by atoms with Crippen LogP contribution >= 0.6 is 0 Å². The predicted molar refractivity (Wildman–Crippen MR) is 89.9 cm³/mol. The topological polar surface area (TPSA) is 96.0 Å². The summed E-state index contributed by atoms with van der Waals surface area (Å²) < 4.78 is 34.6. The highest BCUT2D eigenvalue weighted by Crippen LogP contribution is 2.29. The fourth-order valence-electron chi connectivity index (χ4n) is 2.32. The molecule has 0 unspecified atom stereocenters. The molecule has 7 nitrogen and oxygen atoms in total. The van der Waals surface area contributed by atoms with Crippen LogP contribution in [0.2, 0.25) is 0 Å². The van der Waals surface area contributed by atoms with Gasteiger partial charge in [-0.25, -0.2) is 19.9 Å². The van der Waals surface area contributed by atoms with Gasteiger partial charge in [-0.3, -0.25) is 0 Å². The van der Waals surface area contributed by atoms with Gasteiger partial charge in [-0.05, 0) is 17.7 Å². The van der Waals surface area contributed by atoms with Gasteiger partial charge in [0.05, 0.1) is 19.0 Å². The largest absolute Gasteiger partial charge is 0.479 e. The summed E-state index contributed by atoms with van der Waals surface area (Å²) in [4.78, 5) is 16.6. The quantitative estimate of drug-likeness (QED) is 0.723. The Hall–Kier alpha value is -3.36. The predicted octanol–water partition coefficient (Wildman–Crippen LogP) is 2.72. The van der Waals surface area contributed by atoms with Crippen LogP contribution in [-0.2, 0) is 6.42 Å². The molecule has 0 aliphatic rings. The number of alkyl halides is 2. The summed E-state index contributed by atoms with van der Waals surface area (Å²) in [5.41, 5.74) is 7.88. The van der Waals surface area contributed by atoms with E-state index in [1.807, 2.05) is 0 Å². The molecule has 0 saturated heterocycles. The average Bonchev–Trinajstić information content (AvgIpc) is 2.63. The molecule has 3 aromatic rings. The number of nitrogen functional groups attached to an aromatic ring is 1. The lowest BCUT2D eigenvalue weighted by Gasteiger charge is -2.11. The van der Waals surface area contributed by atoms with Crippen molar-refractivity contribution in [2.45, 2.75) is 13.0 Å². The van der Waals surface area contributed by atoms with Gasteiger partial charge in [0, 0.05) is 24.4 Å². The zero-order valence-corrected chi connectivity index (χ0v) is 13.8. The molecular weight excluding hydrogens is 344 g/mol. The minimum Gasteiger partial charge on any atom is -0.479 e. The van der Waals surface area contributed by atoms with E-state index in [2.05, 4.69) is 24.7 Å². The van der Waals surface area contributed by atoms with Crippen molar-refractivity contribution in [3.8, 4) is 22.9 Å². The third-order valence-electron chi connectivity index (χ3n) is 3.43. The zero-order valence-electron chi connectivity index (χ0n) is 13.8. The second-order valence-corrected chi connectivity index (χ2v) is 5.25. The molecule has 0 spiro atoms. The standard InChI is InChI=1S/C17H15F2N5O2/c1-25-15-14(11-3-2-4-13(6-11)26-16(18)19)24-12(9-21-15)5-10-7-22-17(20)23-8-10/h2-4,6-9,16H,5H2,1H3,(H2,20,22,23). The lowest BCUT2D eigenvalue weighted by Crippen LogP contribution is -2.03. The molecule has 0 saturated carbocycles. The molecule has 0 radical (unpaired) electrons. The maximum atomic E-state index is 12.4. The Bertz CT molecular complexity index is 891. The molecule has 2 heterocycles. The van der Waals surface area contributed by atoms with E-state index in [1.54, 1.807) is 30.7 Å². The van der Waals surface area contributed by atoms with Crippen molar-refractivity contribution in [3.63, 3.8) is 0 Å². The van der Waals surface area contributed by atoms with E-state index < -0.39 is 6.61 Å². The third kappa shape index (κ3) is 4.18. The Balaban J connectivity index is 1.94. The van der Waals surface area contributed by atoms with Crippen molar-refractivity contribution in [3.05, 3.63) is 54.1 Å². The molecule has 2 N–H and O–H groups in total. The third-order valence-corrected chi connectivity index (χ3v) is 3.43. The first-order valence-electron chi connectivity index (χ1n) is 7.56. The van der Waals surface area contributed by atoms with Crippen LogP contribution in [0.5, 0.6) is 11.6 Å². The first-order chi connectivity index (χ1) is 12.5. The van der Waals surface area contributed by atoms with Crippen LogP contribution in [0.15, 0.2) is 42.9 Å². The first kappa shape index (κ1) is 17.5. The molecule has 0 aliphatic carbocycles. The highest BCUT2D eigenvalue weighted by Gasteiger charge is 2.13. The number of hydrogen-bond acceptors (Lipinski definition) is 7. The Morgan fingerprint density at radius 2 is 1.88 bits per heavy atom. The first-order valence-corrected chi connectivity index (χ1v) is 7.56. The molecule has 0 fully saturated rings. The minimum atomic E-state index is -2.91. The van der Waals surface area contributed by atoms with Crippen molar-refractivity contribution in [2.24, 2.45) is 0 Å². The van der Waals surface area contributed by atoms with Gasteiger partial charge in [-0.15, -0.1) is 0 Å². The molecule has 0 amide bonds. The van der Waals surface area contributed by atoms with E-state index in [0.717, 1.165) is 5.56 Å². The van der Waals surface area contributed by atoms with E-state index >= 15 is 0 Å². The SMILES string of the molecule is COc1ncc(Cc2cnc(N)nc2)nc1-c1cccc(OC(F)F)c1. The molecular formula is C17H15F2N5O2. The number of methoxy groups -OCH3 is 1. The van der Waals surface area contributed by atoms with Gasteiger partial charge in [-0.2, -0.15) is 8.78 Å². The Labute approximate surface area is 147 Å². The molecule has 3 rings (SSSR count). The molecule has 134 valence electrons. The minimum absolute atomic E-state index is 0.0266. The fourth-order valence-corrected chi connectivity index (χ4v) is 2.32. The van der Waals surface area contributed by atoms with E-state index in [9.17, 15) is 8.78 Å². The summed E-state index contributed by atoms with van der Waals surface area (Å²) in [6.45, 7) is -2.91. The number of ether oxygens (including phenoxy) is 2. The van der Waals surface area contributed by atoms with Crippen molar-refractivity contribution in [1.29, 1.82) is 0 Å². The lowest BCUT2D eigenvalue weighted by molar-refractivity contribution is -0.0498. The van der Waals surface area contributed by atoms with Crippen molar-refractivity contribution >= 4 is 5.95 Å². The second kappa shape index (κ2) is 7.68. The maximum absolute atomic E-state index is 12.4. The number of nitrogens with zero attached hydrogens (tertiary/aromatic N) is 4. The number of aromatic nitrogens is 4. The Kier molecular flexibility index (Phi) is 5.16. The van der Waals surface area contributed by atoms with Gasteiger partial charge in [0.1, 0.15) is 11.4 Å². The number of benzene rings is 1. The molecule has 0 bridgehead atoms. The highest BCUT2D eigenvalue weighted by atomic mass is 19.3. The normalized spacial score (nSPS) is 10.8. The summed E-state index contributed by atoms with van der Waals surface area (Å²) in [6, 6.07) is 6.19. The van der Waals surface area contributed by atoms with Gasteiger partial charge in [0.25, 0.3) is 0 Å². The molecule has 0 atom stereocenters. The fraction of sp³-hybridized carbons (Fsp3) is 0.176. The summed E-state index contributed by atoms with van der Waals surface area (Å²) in [5, 5.41) is 0. The van der Waals surface area contributed by atoms with E-state index in [-0.39, 0.29) is 17.6 Å². The average molecular weight is 359 g/mol. The number of halogens is 2. The van der Waals surface area contributed by atoms with Crippen LogP contribution in [0.1, 0.15) is 11.3 Å². The number of hydrogen-bond donors (Lipinski definition) is 1. The molecule has 26 heavy (non-hydrogen) atoms. The summed E-state index contributed by atoms with van der Waals surface area (Å²) in [5.74, 6) is 0.487. The zero-order chi connectivity index (χ0) is 18.5. The van der Waals surface area contributed by atoms with Crippen LogP contribution in [0, 0.1) is 0 Å². The Morgan fingerprint density at radius 3 is 2.58 bits per heavy atom. The number of rotatable bonds is 6. The van der Waals surface area contributed by atoms with Crippen LogP contribution < -0.4 is 15.2 Å². The van der Waals surface area contributed by atoms with E-state index in [0.29, 0.717) is 23.4 Å². The van der Waals surface area contributed by atoms with Crippen LogP contribution in [0.25, 0.3) is 11.3 Å². The molecule has 9 heteroatoms. The van der Waals surface area contributed by atoms with Crippen molar-refractivity contribution < 1.29 is 18.3 Å². The number of nitrogens with two attached hydrogens (primary N) is 1. The van der Waals surface area contributed by atoms with Crippen molar-refractivity contribution in [1.82, 2.24) is 19.9 Å². The van der Waals surface area contributed by atoms with Gasteiger partial charge in [-0.1, -0.05) is 12.1 Å². The monoisotopic (exact) mass is 359 g/mol. The molecule has 2 aromatic heterocycles. The lowest BCUT2D eigenvalue weighted by atomic mass is 10.1. The molecule has 0 aliphatic heterocycles. The van der Waals surface area contributed by atoms with E-state index in [4.69, 9.17) is 10.5 Å². The van der Waals surface area contributed by atoms with Gasteiger partial charge < -0.3 is 15.2 Å². The van der Waals surface area contributed by atoms with Crippen LogP contribution in [0.3, 0.4) is 0 Å². The summed E-state index contributed by atoms with van der Waals surface area (Å²) >= 11 is 0. The Morgan fingerprint density at radius 1 is 1.12 bits per heavy atom. The van der Waals surface area contributed by atoms with Crippen LogP contribution in [0.4, 0.5) is 14.7 Å². The highest BCUT2D eigenvalue weighted by molar-refractivity contribution is 5.66. The number of anilines is 1. The van der Waals surface area contributed by atoms with Gasteiger partial charge in [0.15, 0.2) is 0 Å². The van der Waals surface area contributed by atoms with E-state index in [1.165, 1.54) is 19.2 Å². The maximum Gasteiger partial charge on any atom is 0.387 e.